The smallest absolute Gasteiger partial charge is 0.306 e. The Bertz CT molecular complexity index is 1320. The Morgan fingerprint density at radius 3 is 0.956 bits per heavy atom. The van der Waals surface area contributed by atoms with E-state index in [1.54, 1.807) is 0 Å². The molecule has 0 aliphatic heterocycles. The first kappa shape index (κ1) is 64.6. The van der Waals surface area contributed by atoms with E-state index in [2.05, 4.69) is 106 Å². The molecule has 390 valence electrons. The zero-order chi connectivity index (χ0) is 49.3. The van der Waals surface area contributed by atoms with Crippen molar-refractivity contribution in [2.24, 2.45) is 0 Å². The largest absolute Gasteiger partial charge is 0.462 e. The van der Waals surface area contributed by atoms with Crippen LogP contribution in [-0.2, 0) is 28.6 Å². The van der Waals surface area contributed by atoms with Crippen LogP contribution in [0.25, 0.3) is 0 Å². The molecule has 0 saturated carbocycles. The molecular weight excluding hydrogens is 841 g/mol. The van der Waals surface area contributed by atoms with Gasteiger partial charge in [0.15, 0.2) is 6.10 Å². The molecule has 0 heterocycles. The van der Waals surface area contributed by atoms with Crippen molar-refractivity contribution in [3.63, 3.8) is 0 Å². The summed E-state index contributed by atoms with van der Waals surface area (Å²) in [6.45, 7) is 6.48. The summed E-state index contributed by atoms with van der Waals surface area (Å²) in [5.74, 6) is -0.902. The van der Waals surface area contributed by atoms with Crippen LogP contribution < -0.4 is 0 Å². The minimum atomic E-state index is -0.784. The number of carbonyl (C=O) groups is 3. The Kier molecular flexibility index (Phi) is 53.4. The lowest BCUT2D eigenvalue weighted by Crippen LogP contribution is -2.30. The van der Waals surface area contributed by atoms with Crippen molar-refractivity contribution in [1.82, 2.24) is 0 Å². The predicted octanol–water partition coefficient (Wildman–Crippen LogP) is 19.2. The molecule has 1 unspecified atom stereocenters. The lowest BCUT2D eigenvalue weighted by atomic mass is 10.0. The zero-order valence-electron chi connectivity index (χ0n) is 44.6. The number of unbranched alkanes of at least 4 members (excludes halogenated alkanes) is 26. The third-order valence-electron chi connectivity index (χ3n) is 12.1. The molecule has 1 atom stereocenters. The Morgan fingerprint density at radius 1 is 0.309 bits per heavy atom. The molecule has 0 N–H and O–H groups in total. The van der Waals surface area contributed by atoms with Gasteiger partial charge in [0.25, 0.3) is 0 Å². The molecule has 6 heteroatoms. The first-order chi connectivity index (χ1) is 33.5. The summed E-state index contributed by atoms with van der Waals surface area (Å²) in [5, 5.41) is 0. The summed E-state index contributed by atoms with van der Waals surface area (Å²) in [6.07, 6.45) is 72.9. The van der Waals surface area contributed by atoms with Crippen molar-refractivity contribution in [2.75, 3.05) is 13.2 Å². The highest BCUT2D eigenvalue weighted by Gasteiger charge is 2.19. The molecule has 0 aliphatic rings. The van der Waals surface area contributed by atoms with Crippen LogP contribution in [0.15, 0.2) is 85.1 Å². The lowest BCUT2D eigenvalue weighted by molar-refractivity contribution is -0.167. The van der Waals surface area contributed by atoms with Crippen molar-refractivity contribution in [1.29, 1.82) is 0 Å². The number of esters is 3. The molecular formula is C62H106O6. The van der Waals surface area contributed by atoms with Gasteiger partial charge in [-0.2, -0.15) is 0 Å². The van der Waals surface area contributed by atoms with Gasteiger partial charge in [0.2, 0.25) is 0 Å². The summed E-state index contributed by atoms with van der Waals surface area (Å²) in [6, 6.07) is 0. The van der Waals surface area contributed by atoms with Gasteiger partial charge in [0.05, 0.1) is 0 Å². The Labute approximate surface area is 420 Å². The van der Waals surface area contributed by atoms with Crippen LogP contribution in [0.1, 0.15) is 271 Å². The summed E-state index contributed by atoms with van der Waals surface area (Å²) in [7, 11) is 0. The average Bonchev–Trinajstić information content (AvgIpc) is 3.34. The molecule has 0 radical (unpaired) electrons. The summed E-state index contributed by atoms with van der Waals surface area (Å²) >= 11 is 0. The molecule has 0 aromatic rings. The maximum Gasteiger partial charge on any atom is 0.306 e. The van der Waals surface area contributed by atoms with Crippen molar-refractivity contribution in [2.45, 2.75) is 277 Å². The predicted molar refractivity (Wildman–Crippen MR) is 293 cm³/mol. The summed E-state index contributed by atoms with van der Waals surface area (Å²) < 4.78 is 16.8. The summed E-state index contributed by atoms with van der Waals surface area (Å²) in [5.41, 5.74) is 0. The minimum absolute atomic E-state index is 0.0838. The molecule has 0 rings (SSSR count). The van der Waals surface area contributed by atoms with Gasteiger partial charge in [-0.25, -0.2) is 0 Å². The van der Waals surface area contributed by atoms with Gasteiger partial charge in [0.1, 0.15) is 13.2 Å². The number of carbonyl (C=O) groups excluding carboxylic acids is 3. The van der Waals surface area contributed by atoms with Crippen molar-refractivity contribution < 1.29 is 28.6 Å². The first-order valence-corrected chi connectivity index (χ1v) is 28.6. The highest BCUT2D eigenvalue weighted by Crippen LogP contribution is 2.15. The Morgan fingerprint density at radius 2 is 0.588 bits per heavy atom. The first-order valence-electron chi connectivity index (χ1n) is 28.6. The van der Waals surface area contributed by atoms with Crippen molar-refractivity contribution >= 4 is 17.9 Å². The fraction of sp³-hybridized carbons (Fsp3) is 0.726. The molecule has 0 spiro atoms. The second-order valence-corrected chi connectivity index (χ2v) is 18.8. The van der Waals surface area contributed by atoms with E-state index in [-0.39, 0.29) is 31.1 Å². The van der Waals surface area contributed by atoms with Crippen LogP contribution in [0, 0.1) is 0 Å². The quantitative estimate of drug-likeness (QED) is 0.0262. The minimum Gasteiger partial charge on any atom is -0.462 e. The topological polar surface area (TPSA) is 78.9 Å². The van der Waals surface area contributed by atoms with E-state index in [4.69, 9.17) is 14.2 Å². The van der Waals surface area contributed by atoms with Crippen LogP contribution in [0.5, 0.6) is 0 Å². The maximum absolute atomic E-state index is 12.8. The second-order valence-electron chi connectivity index (χ2n) is 18.8. The number of hydrogen-bond donors (Lipinski definition) is 0. The second kappa shape index (κ2) is 56.2. The van der Waals surface area contributed by atoms with Gasteiger partial charge < -0.3 is 14.2 Å². The van der Waals surface area contributed by atoms with Crippen LogP contribution in [-0.4, -0.2) is 37.2 Å². The van der Waals surface area contributed by atoms with E-state index in [1.807, 2.05) is 0 Å². The molecule has 68 heavy (non-hydrogen) atoms. The van der Waals surface area contributed by atoms with Crippen LogP contribution in [0.4, 0.5) is 0 Å². The van der Waals surface area contributed by atoms with E-state index in [0.717, 1.165) is 116 Å². The van der Waals surface area contributed by atoms with E-state index in [0.29, 0.717) is 19.3 Å². The molecule has 0 amide bonds. The van der Waals surface area contributed by atoms with Crippen molar-refractivity contribution in [3.8, 4) is 0 Å². The number of allylic oxidation sites excluding steroid dienone is 14. The SMILES string of the molecule is CC/C=C\C/C=C\C/C=C\C/C=C\C/C=C\C/C=C\CCCCCCCCC(=O)OCC(COC(=O)CCCCCCC/C=C\CCCC)OC(=O)CCCCCCCCCCCCCCCC. The standard InChI is InChI=1S/C62H106O6/c1-4-7-10-13-16-19-22-24-26-27-28-29-30-31-32-33-34-35-36-38-40-43-46-49-52-55-61(64)67-58-59(57-66-60(63)54-51-48-45-42-39-21-18-15-12-9-6-3)68-62(65)56-53-50-47-44-41-37-25-23-20-17-14-11-8-5-2/h7,10,15-16,18-19,24,26,28-29,31-32,34-35,59H,4-6,8-9,11-14,17,20-23,25,27,30,33,36-58H2,1-3H3/b10-7-,18-15-,19-16-,26-24-,29-28-,32-31-,35-34-. The number of rotatable bonds is 51. The van der Waals surface area contributed by atoms with Crippen LogP contribution >= 0.6 is 0 Å². The third kappa shape index (κ3) is 53.5. The fourth-order valence-corrected chi connectivity index (χ4v) is 7.84. The molecule has 0 saturated heterocycles. The summed E-state index contributed by atoms with van der Waals surface area (Å²) in [4.78, 5) is 38.1. The van der Waals surface area contributed by atoms with Crippen molar-refractivity contribution in [3.05, 3.63) is 85.1 Å². The highest BCUT2D eigenvalue weighted by atomic mass is 16.6. The molecule has 0 aromatic carbocycles. The lowest BCUT2D eigenvalue weighted by Gasteiger charge is -2.18. The van der Waals surface area contributed by atoms with Crippen LogP contribution in [0.3, 0.4) is 0 Å². The Balaban J connectivity index is 4.32. The zero-order valence-corrected chi connectivity index (χ0v) is 44.6. The van der Waals surface area contributed by atoms with Crippen LogP contribution in [0.2, 0.25) is 0 Å². The van der Waals surface area contributed by atoms with E-state index >= 15 is 0 Å². The molecule has 6 nitrogen and oxygen atoms in total. The van der Waals surface area contributed by atoms with Gasteiger partial charge in [-0.15, -0.1) is 0 Å². The normalized spacial score (nSPS) is 12.7. The van der Waals surface area contributed by atoms with E-state index in [9.17, 15) is 14.4 Å². The monoisotopic (exact) mass is 947 g/mol. The maximum atomic E-state index is 12.8. The number of hydrogen-bond acceptors (Lipinski definition) is 6. The van der Waals surface area contributed by atoms with Gasteiger partial charge in [-0.3, -0.25) is 14.4 Å². The molecule has 0 fully saturated rings. The van der Waals surface area contributed by atoms with Gasteiger partial charge >= 0.3 is 17.9 Å². The average molecular weight is 948 g/mol. The van der Waals surface area contributed by atoms with E-state index in [1.165, 1.54) is 116 Å². The molecule has 0 bridgehead atoms. The molecule has 0 aromatic heterocycles. The fourth-order valence-electron chi connectivity index (χ4n) is 7.84. The van der Waals surface area contributed by atoms with Gasteiger partial charge in [-0.05, 0) is 89.9 Å². The highest BCUT2D eigenvalue weighted by molar-refractivity contribution is 5.71. The van der Waals surface area contributed by atoms with Gasteiger partial charge in [-0.1, -0.05) is 247 Å². The molecule has 0 aliphatic carbocycles. The van der Waals surface area contributed by atoms with E-state index < -0.39 is 6.10 Å². The van der Waals surface area contributed by atoms with Gasteiger partial charge in [0, 0.05) is 19.3 Å². The number of ether oxygens (including phenoxy) is 3. The third-order valence-corrected chi connectivity index (χ3v) is 12.1. The Hall–Kier alpha value is -3.41.